The number of aromatic nitrogens is 3. The van der Waals surface area contributed by atoms with E-state index in [1.807, 2.05) is 0 Å². The molecule has 0 bridgehead atoms. The van der Waals surface area contributed by atoms with Gasteiger partial charge in [-0.3, -0.25) is 15.1 Å². The summed E-state index contributed by atoms with van der Waals surface area (Å²) < 4.78 is 39.7. The Balaban J connectivity index is 1.94. The van der Waals surface area contributed by atoms with E-state index in [4.69, 9.17) is 9.47 Å². The van der Waals surface area contributed by atoms with Gasteiger partial charge in [0.15, 0.2) is 5.69 Å². The lowest BCUT2D eigenvalue weighted by Gasteiger charge is -2.27. The third-order valence-electron chi connectivity index (χ3n) is 5.12. The average Bonchev–Trinajstić information content (AvgIpc) is 3.30. The molecule has 4 rings (SSSR count). The number of sulfonamides is 1. The number of nitro benzene ring substituents is 1. The first-order valence-electron chi connectivity index (χ1n) is 10.4. The number of ether oxygens (including phenoxy) is 2. The zero-order valence-corrected chi connectivity index (χ0v) is 19.0. The van der Waals surface area contributed by atoms with Crippen molar-refractivity contribution >= 4 is 21.7 Å². The number of hydrogen-bond donors (Lipinski definition) is 0. The molecule has 1 aliphatic rings. The number of carbonyl (C=O) groups excluding carboxylic acids is 1. The van der Waals surface area contributed by atoms with Crippen LogP contribution in [0, 0.1) is 10.1 Å². The Morgan fingerprint density at radius 3 is 2.65 bits per heavy atom. The van der Waals surface area contributed by atoms with Crippen molar-refractivity contribution in [2.24, 2.45) is 0 Å². The van der Waals surface area contributed by atoms with Crippen LogP contribution in [0.1, 0.15) is 17.4 Å². The van der Waals surface area contributed by atoms with Crippen molar-refractivity contribution in [3.63, 3.8) is 0 Å². The summed E-state index contributed by atoms with van der Waals surface area (Å²) in [5, 5.41) is 15.9. The van der Waals surface area contributed by atoms with Crippen molar-refractivity contribution in [3.05, 3.63) is 64.6 Å². The molecular formula is C21H21N5O7S. The van der Waals surface area contributed by atoms with Gasteiger partial charge in [-0.15, -0.1) is 0 Å². The van der Waals surface area contributed by atoms with Crippen molar-refractivity contribution in [1.29, 1.82) is 0 Å². The minimum absolute atomic E-state index is 0.0183. The molecule has 1 saturated heterocycles. The zero-order valence-electron chi connectivity index (χ0n) is 18.2. The largest absolute Gasteiger partial charge is 0.461 e. The SMILES string of the molecule is CCOC(=O)c1cc(-c2cccnc2)nn1-c1ccc([N+](=O)[O-])cc1S(=O)(=O)N1CCOCC1. The van der Waals surface area contributed by atoms with Crippen molar-refractivity contribution in [3.8, 4) is 16.9 Å². The van der Waals surface area contributed by atoms with Crippen LogP contribution in [0.5, 0.6) is 0 Å². The fraction of sp³-hybridized carbons (Fsp3) is 0.286. The Bertz CT molecular complexity index is 1320. The summed E-state index contributed by atoms with van der Waals surface area (Å²) >= 11 is 0. The smallest absolute Gasteiger partial charge is 0.357 e. The normalized spacial score (nSPS) is 14.6. The summed E-state index contributed by atoms with van der Waals surface area (Å²) in [6.45, 7) is 2.31. The fourth-order valence-corrected chi connectivity index (χ4v) is 5.09. The quantitative estimate of drug-likeness (QED) is 0.277. The van der Waals surface area contributed by atoms with Crippen LogP contribution in [0.25, 0.3) is 16.9 Å². The fourth-order valence-electron chi connectivity index (χ4n) is 3.49. The maximum absolute atomic E-state index is 13.5. The number of non-ortho nitro benzene ring substituents is 1. The van der Waals surface area contributed by atoms with Gasteiger partial charge in [0.2, 0.25) is 10.0 Å². The lowest BCUT2D eigenvalue weighted by atomic mass is 10.2. The first-order chi connectivity index (χ1) is 16.3. The lowest BCUT2D eigenvalue weighted by Crippen LogP contribution is -2.41. The van der Waals surface area contributed by atoms with Crippen LogP contribution in [-0.4, -0.2) is 71.3 Å². The maximum atomic E-state index is 13.5. The maximum Gasteiger partial charge on any atom is 0.357 e. The molecule has 0 atom stereocenters. The van der Waals surface area contributed by atoms with E-state index < -0.39 is 26.6 Å². The van der Waals surface area contributed by atoms with Crippen LogP contribution >= 0.6 is 0 Å². The molecule has 178 valence electrons. The van der Waals surface area contributed by atoms with Crippen LogP contribution in [0.3, 0.4) is 0 Å². The van der Waals surface area contributed by atoms with E-state index in [1.165, 1.54) is 16.4 Å². The minimum atomic E-state index is -4.18. The monoisotopic (exact) mass is 487 g/mol. The number of benzene rings is 1. The molecule has 0 unspecified atom stereocenters. The van der Waals surface area contributed by atoms with E-state index in [0.29, 0.717) is 11.3 Å². The second-order valence-corrected chi connectivity index (χ2v) is 9.12. The molecule has 1 aromatic carbocycles. The van der Waals surface area contributed by atoms with Crippen molar-refractivity contribution < 1.29 is 27.6 Å². The first-order valence-corrected chi connectivity index (χ1v) is 11.8. The molecular weight excluding hydrogens is 466 g/mol. The second kappa shape index (κ2) is 9.67. The number of nitrogens with zero attached hydrogens (tertiary/aromatic N) is 5. The molecule has 0 radical (unpaired) electrons. The molecule has 0 aliphatic carbocycles. The Kier molecular flexibility index (Phi) is 6.68. The molecule has 0 saturated carbocycles. The summed E-state index contributed by atoms with van der Waals surface area (Å²) in [5.74, 6) is -0.724. The molecule has 0 N–H and O–H groups in total. The van der Waals surface area contributed by atoms with E-state index >= 15 is 0 Å². The molecule has 3 heterocycles. The van der Waals surface area contributed by atoms with Gasteiger partial charge in [0, 0.05) is 43.2 Å². The van der Waals surface area contributed by atoms with Crippen molar-refractivity contribution in [1.82, 2.24) is 19.1 Å². The molecule has 3 aromatic rings. The molecule has 12 nitrogen and oxygen atoms in total. The van der Waals surface area contributed by atoms with E-state index in [2.05, 4.69) is 10.1 Å². The standard InChI is InChI=1S/C21H21N5O7S/c1-2-33-21(27)19-13-17(15-4-3-7-22-14-15)23-25(19)18-6-5-16(26(28)29)12-20(18)34(30,31)24-8-10-32-11-9-24/h3-7,12-14H,2,8-11H2,1H3. The summed E-state index contributed by atoms with van der Waals surface area (Å²) in [7, 11) is -4.18. The number of nitro groups is 1. The van der Waals surface area contributed by atoms with Gasteiger partial charge in [-0.05, 0) is 31.2 Å². The molecule has 0 amide bonds. The number of hydrogen-bond acceptors (Lipinski definition) is 9. The van der Waals surface area contributed by atoms with Crippen molar-refractivity contribution in [2.45, 2.75) is 11.8 Å². The van der Waals surface area contributed by atoms with Gasteiger partial charge in [-0.1, -0.05) is 0 Å². The zero-order chi connectivity index (χ0) is 24.3. The minimum Gasteiger partial charge on any atom is -0.461 e. The highest BCUT2D eigenvalue weighted by atomic mass is 32.2. The Labute approximate surface area is 194 Å². The molecule has 1 aliphatic heterocycles. The number of morpholine rings is 1. The van der Waals surface area contributed by atoms with E-state index in [9.17, 15) is 23.3 Å². The third-order valence-corrected chi connectivity index (χ3v) is 7.05. The third kappa shape index (κ3) is 4.53. The van der Waals surface area contributed by atoms with E-state index in [-0.39, 0.29) is 49.2 Å². The van der Waals surface area contributed by atoms with Gasteiger partial charge in [0.05, 0.1) is 36.1 Å². The Hall–Kier alpha value is -3.68. The average molecular weight is 487 g/mol. The molecule has 13 heteroatoms. The van der Waals surface area contributed by atoms with Crippen LogP contribution in [0.4, 0.5) is 5.69 Å². The molecule has 1 fully saturated rings. The van der Waals surface area contributed by atoms with E-state index in [1.54, 1.807) is 31.5 Å². The summed E-state index contributed by atoms with van der Waals surface area (Å²) in [4.78, 5) is 27.2. The Morgan fingerprint density at radius 2 is 2.00 bits per heavy atom. The van der Waals surface area contributed by atoms with Crippen LogP contribution in [-0.2, 0) is 19.5 Å². The number of pyridine rings is 1. The molecule has 2 aromatic heterocycles. The number of carbonyl (C=O) groups is 1. The predicted octanol–water partition coefficient (Wildman–Crippen LogP) is 2.04. The summed E-state index contributed by atoms with van der Waals surface area (Å²) in [5.41, 5.74) is 0.478. The number of rotatable bonds is 7. The van der Waals surface area contributed by atoms with Gasteiger partial charge in [-0.25, -0.2) is 17.9 Å². The highest BCUT2D eigenvalue weighted by Gasteiger charge is 2.32. The van der Waals surface area contributed by atoms with Gasteiger partial charge >= 0.3 is 5.97 Å². The van der Waals surface area contributed by atoms with Crippen LogP contribution < -0.4 is 0 Å². The van der Waals surface area contributed by atoms with Crippen LogP contribution in [0.15, 0.2) is 53.7 Å². The molecule has 34 heavy (non-hydrogen) atoms. The van der Waals surface area contributed by atoms with Gasteiger partial charge < -0.3 is 9.47 Å². The number of esters is 1. The van der Waals surface area contributed by atoms with Crippen LogP contribution in [0.2, 0.25) is 0 Å². The summed E-state index contributed by atoms with van der Waals surface area (Å²) in [6, 6.07) is 8.28. The van der Waals surface area contributed by atoms with Crippen molar-refractivity contribution in [2.75, 3.05) is 32.9 Å². The van der Waals surface area contributed by atoms with Gasteiger partial charge in [-0.2, -0.15) is 9.40 Å². The Morgan fingerprint density at radius 1 is 1.24 bits per heavy atom. The highest BCUT2D eigenvalue weighted by Crippen LogP contribution is 2.31. The molecule has 0 spiro atoms. The predicted molar refractivity (Wildman–Crippen MR) is 119 cm³/mol. The lowest BCUT2D eigenvalue weighted by molar-refractivity contribution is -0.385. The summed E-state index contributed by atoms with van der Waals surface area (Å²) in [6.07, 6.45) is 3.12. The van der Waals surface area contributed by atoms with E-state index in [0.717, 1.165) is 16.8 Å². The van der Waals surface area contributed by atoms with Gasteiger partial charge in [0.25, 0.3) is 5.69 Å². The first kappa shape index (κ1) is 23.5. The van der Waals surface area contributed by atoms with Gasteiger partial charge in [0.1, 0.15) is 4.90 Å². The highest BCUT2D eigenvalue weighted by molar-refractivity contribution is 7.89. The topological polar surface area (TPSA) is 147 Å². The second-order valence-electron chi connectivity index (χ2n) is 7.21.